The maximum absolute atomic E-state index is 11.1. The maximum atomic E-state index is 11.1. The van der Waals surface area contributed by atoms with Crippen molar-refractivity contribution in [1.82, 2.24) is 0 Å². The van der Waals surface area contributed by atoms with Crippen LogP contribution in [0.5, 0.6) is 0 Å². The van der Waals surface area contributed by atoms with Crippen LogP contribution in [-0.4, -0.2) is 13.1 Å². The number of rotatable bonds is 1. The van der Waals surface area contributed by atoms with Gasteiger partial charge in [0.25, 0.3) is 4.74 Å². The van der Waals surface area contributed by atoms with Gasteiger partial charge in [-0.1, -0.05) is 21.9 Å². The average Bonchev–Trinajstić information content (AvgIpc) is 2.64. The zero-order valence-electron chi connectivity index (χ0n) is 6.38. The Labute approximate surface area is 82.8 Å². The molecule has 0 saturated carbocycles. The molecule has 1 aromatic heterocycles. The highest BCUT2D eigenvalue weighted by atomic mass is 35.5. The SMILES string of the molecule is O=c1ssc(N2CCCC2)c1Cl. The van der Waals surface area contributed by atoms with Crippen molar-refractivity contribution in [3.8, 4) is 0 Å². The van der Waals surface area contributed by atoms with Gasteiger partial charge in [-0.2, -0.15) is 0 Å². The summed E-state index contributed by atoms with van der Waals surface area (Å²) in [5.41, 5.74) is 0. The van der Waals surface area contributed by atoms with Gasteiger partial charge in [0.2, 0.25) is 0 Å². The fourth-order valence-electron chi connectivity index (χ4n) is 1.35. The zero-order chi connectivity index (χ0) is 8.55. The Morgan fingerprint density at radius 2 is 1.92 bits per heavy atom. The van der Waals surface area contributed by atoms with E-state index in [2.05, 4.69) is 4.90 Å². The molecular formula is C7H8ClNOS2. The van der Waals surface area contributed by atoms with E-state index in [-0.39, 0.29) is 4.74 Å². The molecule has 2 heterocycles. The van der Waals surface area contributed by atoms with Gasteiger partial charge >= 0.3 is 0 Å². The van der Waals surface area contributed by atoms with Gasteiger partial charge in [-0.3, -0.25) is 4.79 Å². The third-order valence-corrected chi connectivity index (χ3v) is 4.77. The van der Waals surface area contributed by atoms with E-state index in [0.717, 1.165) is 18.1 Å². The van der Waals surface area contributed by atoms with Gasteiger partial charge in [-0.25, -0.2) is 0 Å². The van der Waals surface area contributed by atoms with Crippen LogP contribution < -0.4 is 9.64 Å². The molecule has 0 N–H and O–H groups in total. The Morgan fingerprint density at radius 1 is 1.25 bits per heavy atom. The first-order chi connectivity index (χ1) is 5.79. The highest BCUT2D eigenvalue weighted by molar-refractivity contribution is 7.70. The summed E-state index contributed by atoms with van der Waals surface area (Å²) in [6, 6.07) is 0. The van der Waals surface area contributed by atoms with E-state index >= 15 is 0 Å². The highest BCUT2D eigenvalue weighted by Crippen LogP contribution is 2.33. The van der Waals surface area contributed by atoms with Crippen molar-refractivity contribution in [2.75, 3.05) is 18.0 Å². The van der Waals surface area contributed by atoms with Gasteiger partial charge in [-0.15, -0.1) is 0 Å². The summed E-state index contributed by atoms with van der Waals surface area (Å²) in [5, 5.41) is 1.40. The van der Waals surface area contributed by atoms with Gasteiger partial charge in [-0.05, 0) is 23.2 Å². The summed E-state index contributed by atoms with van der Waals surface area (Å²) >= 11 is 5.86. The number of halogens is 1. The van der Waals surface area contributed by atoms with Crippen LogP contribution in [0, 0.1) is 0 Å². The van der Waals surface area contributed by atoms with Crippen molar-refractivity contribution in [3.05, 3.63) is 14.6 Å². The van der Waals surface area contributed by atoms with E-state index in [9.17, 15) is 4.79 Å². The molecule has 0 aromatic carbocycles. The molecular weight excluding hydrogens is 214 g/mol. The third-order valence-electron chi connectivity index (χ3n) is 1.96. The van der Waals surface area contributed by atoms with Crippen LogP contribution in [0.4, 0.5) is 5.00 Å². The molecule has 0 amide bonds. The second kappa shape index (κ2) is 3.36. The molecule has 0 radical (unpaired) electrons. The number of anilines is 1. The summed E-state index contributed by atoms with van der Waals surface area (Å²) in [4.78, 5) is 13.3. The Bertz CT molecular complexity index is 326. The van der Waals surface area contributed by atoms with Crippen LogP contribution in [0.3, 0.4) is 0 Å². The Kier molecular flexibility index (Phi) is 2.39. The van der Waals surface area contributed by atoms with E-state index in [4.69, 9.17) is 11.6 Å². The molecule has 1 aliphatic heterocycles. The van der Waals surface area contributed by atoms with E-state index in [1.807, 2.05) is 0 Å². The molecule has 1 aromatic rings. The Morgan fingerprint density at radius 3 is 2.42 bits per heavy atom. The predicted molar refractivity (Wildman–Crippen MR) is 54.9 cm³/mol. The van der Waals surface area contributed by atoms with Gasteiger partial charge < -0.3 is 4.90 Å². The Hall–Kier alpha value is -0.0600. The van der Waals surface area contributed by atoms with E-state index in [1.54, 1.807) is 0 Å². The fraction of sp³-hybridized carbons (Fsp3) is 0.571. The van der Waals surface area contributed by atoms with E-state index in [1.165, 1.54) is 33.5 Å². The van der Waals surface area contributed by atoms with E-state index in [0.29, 0.717) is 5.02 Å². The molecule has 66 valence electrons. The molecule has 0 spiro atoms. The van der Waals surface area contributed by atoms with Crippen LogP contribution in [-0.2, 0) is 0 Å². The van der Waals surface area contributed by atoms with Crippen molar-refractivity contribution < 1.29 is 0 Å². The standard InChI is InChI=1S/C7H8ClNOS2/c8-5-6(11-12-7(5)10)9-3-1-2-4-9/h1-4H2. The van der Waals surface area contributed by atoms with Crippen molar-refractivity contribution in [1.29, 1.82) is 0 Å². The van der Waals surface area contributed by atoms with Crippen molar-refractivity contribution >= 4 is 37.3 Å². The number of hydrogen-bond donors (Lipinski definition) is 0. The van der Waals surface area contributed by atoms with Crippen LogP contribution in [0.2, 0.25) is 5.02 Å². The molecule has 1 aliphatic rings. The lowest BCUT2D eigenvalue weighted by atomic mass is 10.4. The summed E-state index contributed by atoms with van der Waals surface area (Å²) in [7, 11) is 2.73. The molecule has 0 unspecified atom stereocenters. The summed E-state index contributed by atoms with van der Waals surface area (Å²) in [6.45, 7) is 2.10. The van der Waals surface area contributed by atoms with Gasteiger partial charge in [0.15, 0.2) is 0 Å². The molecule has 1 saturated heterocycles. The fourth-order valence-corrected chi connectivity index (χ4v) is 4.10. The largest absolute Gasteiger partial charge is 0.361 e. The molecule has 12 heavy (non-hydrogen) atoms. The van der Waals surface area contributed by atoms with Crippen LogP contribution in [0.25, 0.3) is 0 Å². The molecule has 0 aliphatic carbocycles. The summed E-state index contributed by atoms with van der Waals surface area (Å²) < 4.78 is 0.00330. The molecule has 1 fully saturated rings. The average molecular weight is 222 g/mol. The minimum absolute atomic E-state index is 0.00330. The van der Waals surface area contributed by atoms with Crippen molar-refractivity contribution in [3.63, 3.8) is 0 Å². The minimum Gasteiger partial charge on any atom is -0.361 e. The number of hydrogen-bond acceptors (Lipinski definition) is 4. The first-order valence-electron chi connectivity index (χ1n) is 3.82. The lowest BCUT2D eigenvalue weighted by Gasteiger charge is -2.13. The molecule has 2 nitrogen and oxygen atoms in total. The van der Waals surface area contributed by atoms with E-state index < -0.39 is 0 Å². The smallest absolute Gasteiger partial charge is 0.263 e. The number of nitrogens with zero attached hydrogens (tertiary/aromatic N) is 1. The first kappa shape index (κ1) is 8.53. The molecule has 2 rings (SSSR count). The predicted octanol–water partition coefficient (Wildman–Crippen LogP) is 2.42. The lowest BCUT2D eigenvalue weighted by Crippen LogP contribution is -2.17. The van der Waals surface area contributed by atoms with Crippen molar-refractivity contribution in [2.24, 2.45) is 0 Å². The quantitative estimate of drug-likeness (QED) is 0.679. The van der Waals surface area contributed by atoms with Crippen molar-refractivity contribution in [2.45, 2.75) is 12.8 Å². The Balaban J connectivity index is 2.32. The second-order valence-corrected chi connectivity index (χ2v) is 5.24. The highest BCUT2D eigenvalue weighted by Gasteiger charge is 2.18. The van der Waals surface area contributed by atoms with Gasteiger partial charge in [0, 0.05) is 13.1 Å². The molecule has 0 atom stereocenters. The van der Waals surface area contributed by atoms with Crippen LogP contribution >= 0.6 is 32.3 Å². The molecule has 0 bridgehead atoms. The normalized spacial score (nSPS) is 17.2. The zero-order valence-corrected chi connectivity index (χ0v) is 8.77. The topological polar surface area (TPSA) is 20.3 Å². The first-order valence-corrected chi connectivity index (χ1v) is 6.35. The second-order valence-electron chi connectivity index (χ2n) is 2.77. The summed E-state index contributed by atoms with van der Waals surface area (Å²) in [6.07, 6.45) is 2.43. The van der Waals surface area contributed by atoms with Crippen LogP contribution in [0.15, 0.2) is 4.79 Å². The van der Waals surface area contributed by atoms with Crippen LogP contribution in [0.1, 0.15) is 12.8 Å². The van der Waals surface area contributed by atoms with Gasteiger partial charge in [0.1, 0.15) is 10.0 Å². The maximum Gasteiger partial charge on any atom is 0.263 e. The summed E-state index contributed by atoms with van der Waals surface area (Å²) in [5.74, 6) is 0. The minimum atomic E-state index is 0.00330. The third kappa shape index (κ3) is 1.39. The van der Waals surface area contributed by atoms with Gasteiger partial charge in [0.05, 0.1) is 0 Å². The lowest BCUT2D eigenvalue weighted by molar-refractivity contribution is 0.949. The monoisotopic (exact) mass is 221 g/mol. The molecule has 5 heteroatoms.